The molecule has 5 nitrogen and oxygen atoms in total. The van der Waals surface area contributed by atoms with Crippen LogP contribution in [-0.4, -0.2) is 34.8 Å². The molecule has 1 aliphatic heterocycles. The smallest absolute Gasteiger partial charge is 0.240 e. The van der Waals surface area contributed by atoms with Crippen molar-refractivity contribution < 1.29 is 9.59 Å². The van der Waals surface area contributed by atoms with Gasteiger partial charge in [-0.3, -0.25) is 14.6 Å². The van der Waals surface area contributed by atoms with Crippen molar-refractivity contribution in [1.82, 2.24) is 10.6 Å². The molecule has 0 aromatic rings. The van der Waals surface area contributed by atoms with Crippen LogP contribution in [0.5, 0.6) is 0 Å². The summed E-state index contributed by atoms with van der Waals surface area (Å²) in [6.45, 7) is 0.812. The van der Waals surface area contributed by atoms with Crippen LogP contribution in [0, 0.1) is 17.8 Å². The van der Waals surface area contributed by atoms with Gasteiger partial charge in [-0.15, -0.1) is 0 Å². The highest BCUT2D eigenvalue weighted by Crippen LogP contribution is 2.44. The summed E-state index contributed by atoms with van der Waals surface area (Å²) >= 11 is 1.44. The lowest BCUT2D eigenvalue weighted by Gasteiger charge is -2.23. The molecule has 1 unspecified atom stereocenters. The highest BCUT2D eigenvalue weighted by Gasteiger charge is 2.41. The summed E-state index contributed by atoms with van der Waals surface area (Å²) < 4.78 is 0. The van der Waals surface area contributed by atoms with Crippen LogP contribution >= 0.6 is 11.8 Å². The fourth-order valence-electron chi connectivity index (χ4n) is 5.05. The van der Waals surface area contributed by atoms with Crippen molar-refractivity contribution in [3.8, 4) is 0 Å². The molecule has 4 fully saturated rings. The van der Waals surface area contributed by atoms with Gasteiger partial charge in [0.15, 0.2) is 5.17 Å². The third-order valence-corrected chi connectivity index (χ3v) is 7.57. The molecule has 4 aliphatic rings. The molecule has 0 aromatic heterocycles. The van der Waals surface area contributed by atoms with Crippen LogP contribution in [0.3, 0.4) is 0 Å². The van der Waals surface area contributed by atoms with E-state index in [4.69, 9.17) is 0 Å². The Kier molecular flexibility index (Phi) is 5.34. The van der Waals surface area contributed by atoms with Crippen molar-refractivity contribution in [3.05, 3.63) is 0 Å². The average molecular weight is 364 g/mol. The Balaban J connectivity index is 1.23. The molecule has 3 aliphatic carbocycles. The third-order valence-electron chi connectivity index (χ3n) is 6.45. The second-order valence-corrected chi connectivity index (χ2v) is 9.49. The molecule has 2 bridgehead atoms. The average Bonchev–Trinajstić information content (AvgIpc) is 3.30. The van der Waals surface area contributed by atoms with E-state index in [1.54, 1.807) is 0 Å². The Morgan fingerprint density at radius 2 is 2.00 bits per heavy atom. The van der Waals surface area contributed by atoms with E-state index in [9.17, 15) is 9.59 Å². The number of amides is 2. The van der Waals surface area contributed by atoms with Gasteiger partial charge in [0.2, 0.25) is 11.8 Å². The van der Waals surface area contributed by atoms with Gasteiger partial charge in [0.1, 0.15) is 5.25 Å². The van der Waals surface area contributed by atoms with E-state index in [1.165, 1.54) is 63.1 Å². The number of carbonyl (C=O) groups is 2. The van der Waals surface area contributed by atoms with Crippen LogP contribution in [0.25, 0.3) is 0 Å². The summed E-state index contributed by atoms with van der Waals surface area (Å²) in [5.74, 6) is 2.12. The number of thioether (sulfide) groups is 1. The number of carbonyl (C=O) groups excluding carboxylic acids is 2. The molecule has 2 N–H and O–H groups in total. The molecule has 2 amide bonds. The van der Waals surface area contributed by atoms with Crippen LogP contribution in [-0.2, 0) is 9.59 Å². The number of hydrogen-bond acceptors (Lipinski definition) is 4. The Labute approximate surface area is 154 Å². The maximum Gasteiger partial charge on any atom is 0.240 e. The number of nitrogens with zero attached hydrogens (tertiary/aromatic N) is 1. The number of aliphatic imine (C=N–C) groups is 1. The van der Waals surface area contributed by atoms with Crippen LogP contribution < -0.4 is 10.6 Å². The first-order chi connectivity index (χ1) is 12.2. The molecular formula is C19H29N3O2S. The molecular weight excluding hydrogens is 334 g/mol. The van der Waals surface area contributed by atoms with Crippen LogP contribution in [0.15, 0.2) is 4.99 Å². The predicted octanol–water partition coefficient (Wildman–Crippen LogP) is 2.85. The lowest BCUT2D eigenvalue weighted by atomic mass is 9.89. The van der Waals surface area contributed by atoms with Crippen LogP contribution in [0.1, 0.15) is 64.2 Å². The molecule has 3 saturated carbocycles. The van der Waals surface area contributed by atoms with Gasteiger partial charge in [0, 0.05) is 19.0 Å². The molecule has 138 valence electrons. The Morgan fingerprint density at radius 3 is 2.72 bits per heavy atom. The fraction of sp³-hybridized carbons (Fsp3) is 0.842. The minimum Gasteiger partial charge on any atom is -0.353 e. The molecule has 0 spiro atoms. The van der Waals surface area contributed by atoms with Gasteiger partial charge in [-0.1, -0.05) is 37.4 Å². The van der Waals surface area contributed by atoms with Crippen molar-refractivity contribution in [2.75, 3.05) is 6.54 Å². The van der Waals surface area contributed by atoms with Gasteiger partial charge in [-0.2, -0.15) is 0 Å². The summed E-state index contributed by atoms with van der Waals surface area (Å²) in [5.41, 5.74) is 0. The van der Waals surface area contributed by atoms with Crippen molar-refractivity contribution in [3.63, 3.8) is 0 Å². The fourth-order valence-corrected chi connectivity index (χ4v) is 6.03. The van der Waals surface area contributed by atoms with E-state index in [-0.39, 0.29) is 23.5 Å². The molecule has 4 rings (SSSR count). The standard InChI is InChI=1S/C19H29N3O2S/c23-17(21-15-9-13-6-7-14(15)8-13)10-16-18(24)22-19(25-16)20-11-12-4-2-1-3-5-12/h12-16H,1-11H2,(H,21,23)(H,20,22,24)/t13-,14+,15+,16?/m0/s1. The molecule has 0 radical (unpaired) electrons. The zero-order chi connectivity index (χ0) is 17.2. The number of fused-ring (bicyclic) bond motifs is 2. The van der Waals surface area contributed by atoms with E-state index >= 15 is 0 Å². The SMILES string of the molecule is O=C(CC1SC(=NCC2CCCCC2)NC1=O)N[C@@H]1C[C@H]2CC[C@@H]1C2. The van der Waals surface area contributed by atoms with E-state index in [1.807, 2.05) is 0 Å². The van der Waals surface area contributed by atoms with Crippen molar-refractivity contribution in [2.24, 2.45) is 22.7 Å². The van der Waals surface area contributed by atoms with Crippen LogP contribution in [0.4, 0.5) is 0 Å². The monoisotopic (exact) mass is 363 g/mol. The summed E-state index contributed by atoms with van der Waals surface area (Å²) in [6.07, 6.45) is 11.7. The maximum absolute atomic E-state index is 12.3. The molecule has 4 atom stereocenters. The molecule has 0 aromatic carbocycles. The third kappa shape index (κ3) is 4.21. The van der Waals surface area contributed by atoms with E-state index in [0.29, 0.717) is 23.0 Å². The van der Waals surface area contributed by atoms with Gasteiger partial charge in [0.25, 0.3) is 0 Å². The summed E-state index contributed by atoms with van der Waals surface area (Å²) in [7, 11) is 0. The Bertz CT molecular complexity index is 559. The lowest BCUT2D eigenvalue weighted by molar-refractivity contribution is -0.125. The van der Waals surface area contributed by atoms with Crippen molar-refractivity contribution in [2.45, 2.75) is 75.5 Å². The zero-order valence-corrected chi connectivity index (χ0v) is 15.7. The van der Waals surface area contributed by atoms with Crippen molar-refractivity contribution >= 4 is 28.7 Å². The van der Waals surface area contributed by atoms with Gasteiger partial charge in [0.05, 0.1) is 0 Å². The lowest BCUT2D eigenvalue weighted by Crippen LogP contribution is -2.40. The normalized spacial score (nSPS) is 36.8. The second kappa shape index (κ2) is 7.68. The summed E-state index contributed by atoms with van der Waals surface area (Å²) in [4.78, 5) is 29.1. The molecule has 1 heterocycles. The second-order valence-electron chi connectivity index (χ2n) is 8.30. The van der Waals surface area contributed by atoms with E-state index in [2.05, 4.69) is 15.6 Å². The first-order valence-electron chi connectivity index (χ1n) is 9.98. The first kappa shape index (κ1) is 17.4. The first-order valence-corrected chi connectivity index (χ1v) is 10.9. The molecule has 25 heavy (non-hydrogen) atoms. The van der Waals surface area contributed by atoms with E-state index < -0.39 is 0 Å². The summed E-state index contributed by atoms with van der Waals surface area (Å²) in [5, 5.41) is 6.45. The van der Waals surface area contributed by atoms with Gasteiger partial charge < -0.3 is 10.6 Å². The number of hydrogen-bond donors (Lipinski definition) is 2. The summed E-state index contributed by atoms with van der Waals surface area (Å²) in [6, 6.07) is 0.347. The van der Waals surface area contributed by atoms with Gasteiger partial charge in [-0.05, 0) is 49.9 Å². The topological polar surface area (TPSA) is 70.6 Å². The highest BCUT2D eigenvalue weighted by molar-refractivity contribution is 8.15. The molecule has 1 saturated heterocycles. The largest absolute Gasteiger partial charge is 0.353 e. The Hall–Kier alpha value is -1.04. The van der Waals surface area contributed by atoms with Crippen molar-refractivity contribution in [1.29, 1.82) is 0 Å². The van der Waals surface area contributed by atoms with Gasteiger partial charge in [-0.25, -0.2) is 0 Å². The maximum atomic E-state index is 12.3. The van der Waals surface area contributed by atoms with Crippen LogP contribution in [0.2, 0.25) is 0 Å². The zero-order valence-electron chi connectivity index (χ0n) is 14.8. The number of nitrogens with one attached hydrogen (secondary N) is 2. The molecule has 6 heteroatoms. The Morgan fingerprint density at radius 1 is 1.16 bits per heavy atom. The highest BCUT2D eigenvalue weighted by atomic mass is 32.2. The quantitative estimate of drug-likeness (QED) is 0.789. The number of amidine groups is 1. The van der Waals surface area contributed by atoms with E-state index in [0.717, 1.165) is 18.9 Å². The minimum atomic E-state index is -0.316. The van der Waals surface area contributed by atoms with Gasteiger partial charge >= 0.3 is 0 Å². The number of rotatable bonds is 5. The minimum absolute atomic E-state index is 0.0266. The predicted molar refractivity (Wildman–Crippen MR) is 100 cm³/mol.